The van der Waals surface area contributed by atoms with Crippen molar-refractivity contribution < 1.29 is 4.42 Å². The maximum absolute atomic E-state index is 6.40. The summed E-state index contributed by atoms with van der Waals surface area (Å²) in [6, 6.07) is 75.3. The van der Waals surface area contributed by atoms with E-state index in [9.17, 15) is 0 Å². The molecule has 0 aliphatic heterocycles. The van der Waals surface area contributed by atoms with Crippen LogP contribution in [0, 0.1) is 0 Å². The normalized spacial score (nSPS) is 11.5. The van der Waals surface area contributed by atoms with Crippen molar-refractivity contribution in [3.05, 3.63) is 212 Å². The number of fused-ring (bicyclic) bond motifs is 6. The number of hydrogen-bond acceptors (Lipinski definition) is 3. The van der Waals surface area contributed by atoms with Gasteiger partial charge in [0, 0.05) is 44.5 Å². The summed E-state index contributed by atoms with van der Waals surface area (Å²) in [6.45, 7) is 0. The van der Waals surface area contributed by atoms with Gasteiger partial charge in [0.05, 0.1) is 11.0 Å². The van der Waals surface area contributed by atoms with Gasteiger partial charge >= 0.3 is 0 Å². The van der Waals surface area contributed by atoms with Gasteiger partial charge in [0.1, 0.15) is 5.52 Å². The molecule has 0 N–H and O–H groups in total. The van der Waals surface area contributed by atoms with E-state index in [1.54, 1.807) is 0 Å². The van der Waals surface area contributed by atoms with Crippen molar-refractivity contribution in [2.75, 3.05) is 4.90 Å². The predicted octanol–water partition coefficient (Wildman–Crippen LogP) is 14.5. The van der Waals surface area contributed by atoms with E-state index in [0.29, 0.717) is 5.89 Å². The SMILES string of the molecule is c1ccc(-c2ccc(N(c3ccc(-c4ccc5ccc6nc(-c7ccccc7)oc6c5c4)cc3)c3ccc(-n4c5ccccc5c5ccccc54)cc3)cc2)cc1. The summed E-state index contributed by atoms with van der Waals surface area (Å²) >= 11 is 0. The minimum Gasteiger partial charge on any atom is -0.435 e. The van der Waals surface area contributed by atoms with Gasteiger partial charge in [0.25, 0.3) is 0 Å². The molecule has 0 aliphatic carbocycles. The van der Waals surface area contributed by atoms with Gasteiger partial charge in [-0.25, -0.2) is 4.98 Å². The molecular formula is C53H35N3O. The molecule has 4 nitrogen and oxygen atoms in total. The van der Waals surface area contributed by atoms with E-state index in [1.165, 1.54) is 32.9 Å². The smallest absolute Gasteiger partial charge is 0.227 e. The molecule has 0 amide bonds. The van der Waals surface area contributed by atoms with E-state index in [1.807, 2.05) is 36.4 Å². The predicted molar refractivity (Wildman–Crippen MR) is 237 cm³/mol. The molecule has 0 radical (unpaired) electrons. The number of aromatic nitrogens is 2. The highest BCUT2D eigenvalue weighted by Crippen LogP contribution is 2.39. The Hall–Kier alpha value is -7.69. The summed E-state index contributed by atoms with van der Waals surface area (Å²) in [6.07, 6.45) is 0. The zero-order valence-electron chi connectivity index (χ0n) is 31.0. The Morgan fingerprint density at radius 1 is 0.386 bits per heavy atom. The van der Waals surface area contributed by atoms with Crippen LogP contribution < -0.4 is 4.90 Å². The summed E-state index contributed by atoms with van der Waals surface area (Å²) in [7, 11) is 0. The van der Waals surface area contributed by atoms with E-state index in [4.69, 9.17) is 9.40 Å². The lowest BCUT2D eigenvalue weighted by Crippen LogP contribution is -2.10. The zero-order chi connectivity index (χ0) is 37.7. The van der Waals surface area contributed by atoms with E-state index < -0.39 is 0 Å². The molecule has 0 aliphatic rings. The zero-order valence-corrected chi connectivity index (χ0v) is 31.0. The standard InChI is InChI=1S/C53H35N3O/c1-3-11-36(12-4-1)37-21-26-42(27-22-37)55(44-30-32-45(33-31-44)56-50-17-9-7-15-46(50)47-16-8-10-18-51(47)56)43-28-23-38(24-29-43)41-20-19-39-25-34-49-52(48(39)35-41)57-53(54-49)40-13-5-2-6-14-40/h1-35H. The summed E-state index contributed by atoms with van der Waals surface area (Å²) in [5.74, 6) is 0.632. The number of para-hydroxylation sites is 2. The molecule has 2 heterocycles. The number of anilines is 3. The van der Waals surface area contributed by atoms with Gasteiger partial charge in [-0.1, -0.05) is 127 Å². The summed E-state index contributed by atoms with van der Waals surface area (Å²) < 4.78 is 8.76. The van der Waals surface area contributed by atoms with Gasteiger partial charge in [0.15, 0.2) is 5.58 Å². The van der Waals surface area contributed by atoms with Gasteiger partial charge in [-0.2, -0.15) is 0 Å². The number of hydrogen-bond donors (Lipinski definition) is 0. The molecule has 11 rings (SSSR count). The first-order valence-electron chi connectivity index (χ1n) is 19.3. The van der Waals surface area contributed by atoms with Crippen molar-refractivity contribution in [1.82, 2.24) is 9.55 Å². The molecule has 57 heavy (non-hydrogen) atoms. The Balaban J connectivity index is 0.982. The molecular weight excluding hydrogens is 695 g/mol. The quantitative estimate of drug-likeness (QED) is 0.164. The molecule has 0 fully saturated rings. The van der Waals surface area contributed by atoms with Gasteiger partial charge in [-0.15, -0.1) is 0 Å². The molecule has 0 unspecified atom stereocenters. The fourth-order valence-electron chi connectivity index (χ4n) is 8.22. The lowest BCUT2D eigenvalue weighted by molar-refractivity contribution is 0.623. The van der Waals surface area contributed by atoms with Crippen LogP contribution in [0.5, 0.6) is 0 Å². The number of oxazole rings is 1. The third-order valence-electron chi connectivity index (χ3n) is 11.0. The van der Waals surface area contributed by atoms with Gasteiger partial charge in [0.2, 0.25) is 5.89 Å². The Labute approximate surface area is 330 Å². The highest BCUT2D eigenvalue weighted by Gasteiger charge is 2.17. The molecule has 0 bridgehead atoms. The van der Waals surface area contributed by atoms with Crippen LogP contribution in [-0.4, -0.2) is 9.55 Å². The van der Waals surface area contributed by atoms with Crippen LogP contribution in [0.3, 0.4) is 0 Å². The maximum atomic E-state index is 6.40. The second kappa shape index (κ2) is 13.6. The number of benzene rings is 9. The Morgan fingerprint density at radius 2 is 0.860 bits per heavy atom. The van der Waals surface area contributed by atoms with E-state index in [-0.39, 0.29) is 0 Å². The molecule has 4 heteroatoms. The first-order valence-corrected chi connectivity index (χ1v) is 19.3. The van der Waals surface area contributed by atoms with Gasteiger partial charge in [-0.3, -0.25) is 0 Å². The molecule has 0 saturated carbocycles. The minimum absolute atomic E-state index is 0.632. The van der Waals surface area contributed by atoms with Crippen LogP contribution in [0.15, 0.2) is 217 Å². The van der Waals surface area contributed by atoms with E-state index in [0.717, 1.165) is 61.3 Å². The van der Waals surface area contributed by atoms with Crippen molar-refractivity contribution in [3.63, 3.8) is 0 Å². The summed E-state index contributed by atoms with van der Waals surface area (Å²) in [4.78, 5) is 7.15. The largest absolute Gasteiger partial charge is 0.435 e. The maximum Gasteiger partial charge on any atom is 0.227 e. The van der Waals surface area contributed by atoms with Crippen LogP contribution in [0.25, 0.3) is 83.1 Å². The van der Waals surface area contributed by atoms with Gasteiger partial charge < -0.3 is 13.9 Å². The lowest BCUT2D eigenvalue weighted by Gasteiger charge is -2.26. The molecule has 2 aromatic heterocycles. The molecule has 9 aromatic carbocycles. The highest BCUT2D eigenvalue weighted by molar-refractivity contribution is 6.09. The average Bonchev–Trinajstić information content (AvgIpc) is 3.88. The molecule has 0 saturated heterocycles. The average molecular weight is 730 g/mol. The minimum atomic E-state index is 0.632. The Morgan fingerprint density at radius 3 is 1.47 bits per heavy atom. The Bertz CT molecular complexity index is 3150. The van der Waals surface area contributed by atoms with Crippen LogP contribution in [0.2, 0.25) is 0 Å². The topological polar surface area (TPSA) is 34.2 Å². The second-order valence-electron chi connectivity index (χ2n) is 14.4. The lowest BCUT2D eigenvalue weighted by atomic mass is 10.00. The summed E-state index contributed by atoms with van der Waals surface area (Å²) in [5, 5.41) is 4.68. The van der Waals surface area contributed by atoms with Crippen molar-refractivity contribution in [3.8, 4) is 39.4 Å². The van der Waals surface area contributed by atoms with Gasteiger partial charge in [-0.05, 0) is 113 Å². The first-order chi connectivity index (χ1) is 28.2. The second-order valence-corrected chi connectivity index (χ2v) is 14.4. The molecule has 268 valence electrons. The van der Waals surface area contributed by atoms with Crippen LogP contribution in [-0.2, 0) is 0 Å². The third kappa shape index (κ3) is 5.74. The van der Waals surface area contributed by atoms with Crippen molar-refractivity contribution in [2.45, 2.75) is 0 Å². The molecule has 0 spiro atoms. The third-order valence-corrected chi connectivity index (χ3v) is 11.0. The first kappa shape index (κ1) is 32.7. The van der Waals surface area contributed by atoms with Crippen molar-refractivity contribution >= 4 is 60.7 Å². The van der Waals surface area contributed by atoms with Crippen LogP contribution in [0.4, 0.5) is 17.1 Å². The van der Waals surface area contributed by atoms with E-state index in [2.05, 4.69) is 185 Å². The summed E-state index contributed by atoms with van der Waals surface area (Å²) in [5.41, 5.74) is 14.0. The fourth-order valence-corrected chi connectivity index (χ4v) is 8.22. The fraction of sp³-hybridized carbons (Fsp3) is 0. The number of rotatable bonds is 7. The molecule has 11 aromatic rings. The van der Waals surface area contributed by atoms with Crippen LogP contribution >= 0.6 is 0 Å². The van der Waals surface area contributed by atoms with Crippen LogP contribution in [0.1, 0.15) is 0 Å². The van der Waals surface area contributed by atoms with E-state index >= 15 is 0 Å². The highest BCUT2D eigenvalue weighted by atomic mass is 16.3. The molecule has 0 atom stereocenters. The Kier molecular flexibility index (Phi) is 7.78. The monoisotopic (exact) mass is 729 g/mol. The number of nitrogens with zero attached hydrogens (tertiary/aromatic N) is 3. The van der Waals surface area contributed by atoms with Crippen molar-refractivity contribution in [2.24, 2.45) is 0 Å². The van der Waals surface area contributed by atoms with Crippen molar-refractivity contribution in [1.29, 1.82) is 0 Å².